The zero-order valence-electron chi connectivity index (χ0n) is 12.9. The van der Waals surface area contributed by atoms with E-state index in [1.807, 2.05) is 54.6 Å². The van der Waals surface area contributed by atoms with Crippen molar-refractivity contribution in [1.29, 1.82) is 5.26 Å². The van der Waals surface area contributed by atoms with Gasteiger partial charge in [0.05, 0.1) is 27.0 Å². The number of nitrogens with zero attached hydrogens (tertiary/aromatic N) is 2. The van der Waals surface area contributed by atoms with Crippen molar-refractivity contribution in [2.24, 2.45) is 0 Å². The number of amides is 1. The van der Waals surface area contributed by atoms with Crippen LogP contribution < -0.4 is 5.32 Å². The van der Waals surface area contributed by atoms with Gasteiger partial charge in [0.25, 0.3) is 5.91 Å². The molecule has 6 heteroatoms. The van der Waals surface area contributed by atoms with Gasteiger partial charge in [0.1, 0.15) is 11.1 Å². The van der Waals surface area contributed by atoms with E-state index in [1.165, 1.54) is 11.3 Å². The Labute approximate surface area is 152 Å². The van der Waals surface area contributed by atoms with Gasteiger partial charge in [-0.2, -0.15) is 16.6 Å². The van der Waals surface area contributed by atoms with Gasteiger partial charge >= 0.3 is 0 Å². The van der Waals surface area contributed by atoms with E-state index in [0.29, 0.717) is 16.8 Å². The predicted octanol–water partition coefficient (Wildman–Crippen LogP) is 5.15. The van der Waals surface area contributed by atoms with Crippen LogP contribution >= 0.6 is 22.7 Å². The summed E-state index contributed by atoms with van der Waals surface area (Å²) in [4.78, 5) is 17.2. The molecular formula is C19H11N3OS2. The van der Waals surface area contributed by atoms with E-state index < -0.39 is 0 Å². The van der Waals surface area contributed by atoms with Gasteiger partial charge in [0.15, 0.2) is 0 Å². The van der Waals surface area contributed by atoms with Gasteiger partial charge in [-0.3, -0.25) is 4.79 Å². The Balaban J connectivity index is 1.72. The molecule has 0 radical (unpaired) electrons. The third kappa shape index (κ3) is 2.91. The Kier molecular flexibility index (Phi) is 4.02. The van der Waals surface area contributed by atoms with E-state index in [-0.39, 0.29) is 5.91 Å². The van der Waals surface area contributed by atoms with Crippen LogP contribution in [-0.4, -0.2) is 10.9 Å². The second kappa shape index (κ2) is 6.48. The molecule has 0 bridgehead atoms. The Morgan fingerprint density at radius 2 is 1.88 bits per heavy atom. The van der Waals surface area contributed by atoms with Crippen LogP contribution in [0.5, 0.6) is 0 Å². The maximum atomic E-state index is 12.5. The second-order valence-electron chi connectivity index (χ2n) is 5.30. The fourth-order valence-electron chi connectivity index (χ4n) is 2.52. The lowest BCUT2D eigenvalue weighted by Crippen LogP contribution is -2.12. The number of carbonyl (C=O) groups is 1. The number of hydrogen-bond acceptors (Lipinski definition) is 5. The van der Waals surface area contributed by atoms with Crippen LogP contribution in [0.2, 0.25) is 0 Å². The number of carbonyl (C=O) groups excluding carboxylic acids is 1. The van der Waals surface area contributed by atoms with E-state index in [0.717, 1.165) is 20.8 Å². The number of benzene rings is 2. The van der Waals surface area contributed by atoms with Crippen LogP contribution in [0.4, 0.5) is 5.69 Å². The van der Waals surface area contributed by atoms with E-state index in [4.69, 9.17) is 5.26 Å². The molecule has 2 aromatic carbocycles. The van der Waals surface area contributed by atoms with Gasteiger partial charge in [-0.1, -0.05) is 24.3 Å². The number of aromatic nitrogens is 1. The first-order valence-corrected chi connectivity index (χ1v) is 9.25. The first-order valence-electron chi connectivity index (χ1n) is 7.49. The van der Waals surface area contributed by atoms with Crippen LogP contribution in [0.1, 0.15) is 15.9 Å². The summed E-state index contributed by atoms with van der Waals surface area (Å²) in [5, 5.41) is 16.2. The topological polar surface area (TPSA) is 65.8 Å². The average Bonchev–Trinajstić information content (AvgIpc) is 3.28. The number of thiophene rings is 1. The monoisotopic (exact) mass is 361 g/mol. The highest BCUT2D eigenvalue weighted by Gasteiger charge is 2.16. The number of rotatable bonds is 3. The molecule has 4 nitrogen and oxygen atoms in total. The summed E-state index contributed by atoms with van der Waals surface area (Å²) in [6, 6.07) is 17.6. The summed E-state index contributed by atoms with van der Waals surface area (Å²) < 4.78 is 1.10. The molecule has 4 aromatic rings. The van der Waals surface area contributed by atoms with Crippen LogP contribution in [0.3, 0.4) is 0 Å². The Morgan fingerprint density at radius 3 is 2.72 bits per heavy atom. The summed E-state index contributed by atoms with van der Waals surface area (Å²) >= 11 is 2.92. The number of nitriles is 1. The largest absolute Gasteiger partial charge is 0.321 e. The zero-order valence-corrected chi connectivity index (χ0v) is 14.5. The second-order valence-corrected chi connectivity index (χ2v) is 7.07. The highest BCUT2D eigenvalue weighted by Crippen LogP contribution is 2.34. The maximum Gasteiger partial charge on any atom is 0.257 e. The van der Waals surface area contributed by atoms with Crippen molar-refractivity contribution in [2.75, 3.05) is 5.32 Å². The van der Waals surface area contributed by atoms with Gasteiger partial charge in [-0.15, -0.1) is 11.3 Å². The molecule has 0 spiro atoms. The number of fused-ring (bicyclic) bond motifs is 1. The molecule has 0 aliphatic rings. The molecule has 1 N–H and O–H groups in total. The standard InChI is InChI=1S/C19H11N3OS2/c20-9-12-10-24-11-14(12)18(23)21-15-6-2-1-5-13(15)19-22-16-7-3-4-8-17(16)25-19/h1-8,10-11H,(H,21,23). The van der Waals surface area contributed by atoms with E-state index in [2.05, 4.69) is 10.3 Å². The van der Waals surface area contributed by atoms with Crippen molar-refractivity contribution < 1.29 is 4.79 Å². The first-order chi connectivity index (χ1) is 12.3. The lowest BCUT2D eigenvalue weighted by atomic mass is 10.1. The SMILES string of the molecule is N#Cc1cscc1C(=O)Nc1ccccc1-c1nc2ccccc2s1. The van der Waals surface area contributed by atoms with E-state index in [9.17, 15) is 4.79 Å². The molecule has 2 heterocycles. The molecule has 120 valence electrons. The Morgan fingerprint density at radius 1 is 1.08 bits per heavy atom. The van der Waals surface area contributed by atoms with Crippen molar-refractivity contribution in [3.63, 3.8) is 0 Å². The summed E-state index contributed by atoms with van der Waals surface area (Å²) in [6.45, 7) is 0. The van der Waals surface area contributed by atoms with Gasteiger partial charge in [0.2, 0.25) is 0 Å². The Bertz CT molecular complexity index is 1090. The molecule has 1 amide bonds. The maximum absolute atomic E-state index is 12.5. The van der Waals surface area contributed by atoms with Gasteiger partial charge in [-0.25, -0.2) is 4.98 Å². The fourth-order valence-corrected chi connectivity index (χ4v) is 4.27. The quantitative estimate of drug-likeness (QED) is 0.549. The summed E-state index contributed by atoms with van der Waals surface area (Å²) in [5.41, 5.74) is 3.27. The fraction of sp³-hybridized carbons (Fsp3) is 0. The molecule has 0 saturated heterocycles. The average molecular weight is 361 g/mol. The van der Waals surface area contributed by atoms with Crippen LogP contribution in [0.15, 0.2) is 59.3 Å². The number of thiazole rings is 1. The minimum atomic E-state index is -0.286. The van der Waals surface area contributed by atoms with Crippen molar-refractivity contribution in [1.82, 2.24) is 4.98 Å². The molecule has 0 atom stereocenters. The molecule has 0 aliphatic heterocycles. The summed E-state index contributed by atoms with van der Waals surface area (Å²) in [5.74, 6) is -0.286. The number of para-hydroxylation sites is 2. The van der Waals surface area contributed by atoms with E-state index >= 15 is 0 Å². The van der Waals surface area contributed by atoms with Crippen molar-refractivity contribution in [3.05, 3.63) is 70.4 Å². The zero-order chi connectivity index (χ0) is 17.2. The molecule has 0 fully saturated rings. The highest BCUT2D eigenvalue weighted by atomic mass is 32.1. The molecule has 0 aliphatic carbocycles. The molecule has 25 heavy (non-hydrogen) atoms. The van der Waals surface area contributed by atoms with Crippen molar-refractivity contribution in [2.45, 2.75) is 0 Å². The molecule has 2 aromatic heterocycles. The molecule has 4 rings (SSSR count). The molecular weight excluding hydrogens is 350 g/mol. The lowest BCUT2D eigenvalue weighted by Gasteiger charge is -2.08. The van der Waals surface area contributed by atoms with Gasteiger partial charge in [-0.05, 0) is 24.3 Å². The molecule has 0 unspecified atom stereocenters. The summed E-state index contributed by atoms with van der Waals surface area (Å²) in [6.07, 6.45) is 0. The van der Waals surface area contributed by atoms with Crippen molar-refractivity contribution in [3.8, 4) is 16.6 Å². The molecule has 0 saturated carbocycles. The number of anilines is 1. The first kappa shape index (κ1) is 15.5. The third-order valence-corrected chi connectivity index (χ3v) is 5.54. The Hall–Kier alpha value is -3.01. The van der Waals surface area contributed by atoms with Crippen LogP contribution in [-0.2, 0) is 0 Å². The van der Waals surface area contributed by atoms with Crippen molar-refractivity contribution >= 4 is 44.5 Å². The third-order valence-electron chi connectivity index (χ3n) is 3.73. The van der Waals surface area contributed by atoms with Crippen LogP contribution in [0.25, 0.3) is 20.8 Å². The smallest absolute Gasteiger partial charge is 0.257 e. The number of hydrogen-bond donors (Lipinski definition) is 1. The summed E-state index contributed by atoms with van der Waals surface area (Å²) in [7, 11) is 0. The van der Waals surface area contributed by atoms with Crippen LogP contribution in [0, 0.1) is 11.3 Å². The normalized spacial score (nSPS) is 10.5. The highest BCUT2D eigenvalue weighted by molar-refractivity contribution is 7.21. The minimum absolute atomic E-state index is 0.286. The number of nitrogens with one attached hydrogen (secondary N) is 1. The predicted molar refractivity (Wildman–Crippen MR) is 102 cm³/mol. The van der Waals surface area contributed by atoms with E-state index in [1.54, 1.807) is 22.1 Å². The minimum Gasteiger partial charge on any atom is -0.321 e. The van der Waals surface area contributed by atoms with Gasteiger partial charge in [0, 0.05) is 16.3 Å². The lowest BCUT2D eigenvalue weighted by molar-refractivity contribution is 0.102. The van der Waals surface area contributed by atoms with Gasteiger partial charge < -0.3 is 5.32 Å².